The molecule has 2 aliphatic rings. The number of hydrogen-bond donors (Lipinski definition) is 1. The number of aliphatic hydroxyl groups excluding tert-OH is 1. The van der Waals surface area contributed by atoms with Crippen LogP contribution < -0.4 is 0 Å². The van der Waals surface area contributed by atoms with Gasteiger partial charge < -0.3 is 14.6 Å². The maximum Gasteiger partial charge on any atom is 0.0700 e. The molecule has 1 N–H and O–H groups in total. The number of ether oxygens (including phenoxy) is 2. The summed E-state index contributed by atoms with van der Waals surface area (Å²) in [6.45, 7) is 2.44. The molecule has 0 aromatic heterocycles. The smallest absolute Gasteiger partial charge is 0.0700 e. The lowest BCUT2D eigenvalue weighted by Gasteiger charge is -2.28. The first-order chi connectivity index (χ1) is 7.29. The lowest BCUT2D eigenvalue weighted by Crippen LogP contribution is -2.25. The first kappa shape index (κ1) is 11.4. The Kier molecular flexibility index (Phi) is 3.65. The maximum atomic E-state index is 9.48. The molecule has 15 heavy (non-hydrogen) atoms. The van der Waals surface area contributed by atoms with Gasteiger partial charge in [-0.3, -0.25) is 0 Å². The van der Waals surface area contributed by atoms with Gasteiger partial charge in [-0.1, -0.05) is 0 Å². The van der Waals surface area contributed by atoms with E-state index >= 15 is 0 Å². The minimum absolute atomic E-state index is 0.195. The number of methoxy groups -OCH3 is 1. The van der Waals surface area contributed by atoms with Crippen molar-refractivity contribution in [3.05, 3.63) is 0 Å². The number of rotatable bonds is 7. The Balaban J connectivity index is 1.63. The van der Waals surface area contributed by atoms with E-state index in [9.17, 15) is 5.11 Å². The first-order valence-corrected chi connectivity index (χ1v) is 5.97. The molecule has 0 aromatic carbocycles. The van der Waals surface area contributed by atoms with Crippen molar-refractivity contribution < 1.29 is 14.6 Å². The molecule has 0 saturated heterocycles. The van der Waals surface area contributed by atoms with E-state index in [1.54, 1.807) is 7.11 Å². The predicted molar refractivity (Wildman–Crippen MR) is 57.7 cm³/mol. The Morgan fingerprint density at radius 2 is 1.93 bits per heavy atom. The summed E-state index contributed by atoms with van der Waals surface area (Å²) >= 11 is 0. The van der Waals surface area contributed by atoms with Crippen LogP contribution in [0.2, 0.25) is 0 Å². The molecule has 2 unspecified atom stereocenters. The third-order valence-electron chi connectivity index (χ3n) is 4.00. The van der Waals surface area contributed by atoms with Crippen LogP contribution in [0.5, 0.6) is 0 Å². The van der Waals surface area contributed by atoms with Gasteiger partial charge in [0.25, 0.3) is 0 Å². The zero-order chi connectivity index (χ0) is 10.7. The van der Waals surface area contributed by atoms with E-state index in [4.69, 9.17) is 9.47 Å². The van der Waals surface area contributed by atoms with Gasteiger partial charge in [0.05, 0.1) is 13.2 Å². The first-order valence-electron chi connectivity index (χ1n) is 5.97. The van der Waals surface area contributed by atoms with E-state index in [0.29, 0.717) is 19.8 Å². The van der Waals surface area contributed by atoms with E-state index in [1.807, 2.05) is 0 Å². The molecule has 0 radical (unpaired) electrons. The lowest BCUT2D eigenvalue weighted by atomic mass is 9.81. The molecule has 0 amide bonds. The fourth-order valence-electron chi connectivity index (χ4n) is 2.95. The van der Waals surface area contributed by atoms with Crippen molar-refractivity contribution in [2.75, 3.05) is 33.5 Å². The summed E-state index contributed by atoms with van der Waals surface area (Å²) in [7, 11) is 1.68. The third kappa shape index (κ3) is 2.71. The minimum atomic E-state index is 0.195. The second-order valence-electron chi connectivity index (χ2n) is 5.18. The van der Waals surface area contributed by atoms with Crippen molar-refractivity contribution in [3.8, 4) is 0 Å². The highest BCUT2D eigenvalue weighted by Crippen LogP contribution is 2.60. The topological polar surface area (TPSA) is 38.7 Å². The van der Waals surface area contributed by atoms with Gasteiger partial charge in [-0.05, 0) is 42.9 Å². The normalized spacial score (nSPS) is 38.0. The summed E-state index contributed by atoms with van der Waals surface area (Å²) in [5.41, 5.74) is 0.195. The number of fused-ring (bicyclic) bond motifs is 1. The fourth-order valence-corrected chi connectivity index (χ4v) is 2.95. The Morgan fingerprint density at radius 1 is 1.20 bits per heavy atom. The van der Waals surface area contributed by atoms with E-state index in [1.165, 1.54) is 19.3 Å². The van der Waals surface area contributed by atoms with Crippen LogP contribution >= 0.6 is 0 Å². The average Bonchev–Trinajstić information content (AvgIpc) is 2.87. The molecule has 2 fully saturated rings. The van der Waals surface area contributed by atoms with Crippen molar-refractivity contribution in [2.24, 2.45) is 17.3 Å². The summed E-state index contributed by atoms with van der Waals surface area (Å²) in [6.07, 6.45) is 4.87. The van der Waals surface area contributed by atoms with Crippen LogP contribution in [0.1, 0.15) is 25.7 Å². The summed E-state index contributed by atoms with van der Waals surface area (Å²) in [6, 6.07) is 0. The van der Waals surface area contributed by atoms with Gasteiger partial charge >= 0.3 is 0 Å². The van der Waals surface area contributed by atoms with Gasteiger partial charge in [-0.15, -0.1) is 0 Å². The summed E-state index contributed by atoms with van der Waals surface area (Å²) in [5.74, 6) is 1.85. The highest BCUT2D eigenvalue weighted by molar-refractivity contribution is 5.02. The van der Waals surface area contributed by atoms with Crippen molar-refractivity contribution in [2.45, 2.75) is 25.7 Å². The second-order valence-corrected chi connectivity index (χ2v) is 5.18. The fraction of sp³-hybridized carbons (Fsp3) is 1.00. The van der Waals surface area contributed by atoms with E-state index < -0.39 is 0 Å². The quantitative estimate of drug-likeness (QED) is 0.652. The van der Waals surface area contributed by atoms with Gasteiger partial charge in [-0.2, -0.15) is 0 Å². The molecule has 0 heterocycles. The van der Waals surface area contributed by atoms with E-state index in [-0.39, 0.29) is 5.41 Å². The van der Waals surface area contributed by atoms with Gasteiger partial charge in [0.15, 0.2) is 0 Å². The zero-order valence-electron chi connectivity index (χ0n) is 9.58. The van der Waals surface area contributed by atoms with Crippen LogP contribution in [-0.4, -0.2) is 38.6 Å². The molecular weight excluding hydrogens is 192 g/mol. The SMILES string of the molecule is COCCOCCC1(CO)CC2CC2C1. The molecule has 0 spiro atoms. The molecular formula is C12H22O3. The zero-order valence-corrected chi connectivity index (χ0v) is 9.58. The van der Waals surface area contributed by atoms with Crippen LogP contribution in [-0.2, 0) is 9.47 Å². The van der Waals surface area contributed by atoms with Gasteiger partial charge in [-0.25, -0.2) is 0 Å². The van der Waals surface area contributed by atoms with Gasteiger partial charge in [0.1, 0.15) is 0 Å². The monoisotopic (exact) mass is 214 g/mol. The van der Waals surface area contributed by atoms with Gasteiger partial charge in [0, 0.05) is 20.3 Å². The van der Waals surface area contributed by atoms with Crippen molar-refractivity contribution in [1.29, 1.82) is 0 Å². The molecule has 2 rings (SSSR count). The van der Waals surface area contributed by atoms with E-state index in [0.717, 1.165) is 24.9 Å². The Bertz CT molecular complexity index is 195. The molecule has 0 aromatic rings. The highest BCUT2D eigenvalue weighted by atomic mass is 16.5. The summed E-state index contributed by atoms with van der Waals surface area (Å²) in [4.78, 5) is 0. The summed E-state index contributed by atoms with van der Waals surface area (Å²) < 4.78 is 10.4. The number of aliphatic hydroxyl groups is 1. The van der Waals surface area contributed by atoms with Crippen molar-refractivity contribution in [3.63, 3.8) is 0 Å². The molecule has 0 bridgehead atoms. The molecule has 0 aliphatic heterocycles. The Labute approximate surface area is 91.8 Å². The third-order valence-corrected chi connectivity index (χ3v) is 4.00. The standard InChI is InChI=1S/C12H22O3/c1-14-4-5-15-3-2-12(9-13)7-10-6-11(10)8-12/h10-11,13H,2-9H2,1H3. The van der Waals surface area contributed by atoms with E-state index in [2.05, 4.69) is 0 Å². The average molecular weight is 214 g/mol. The Morgan fingerprint density at radius 3 is 2.53 bits per heavy atom. The molecule has 2 saturated carbocycles. The van der Waals surface area contributed by atoms with Crippen molar-refractivity contribution >= 4 is 0 Å². The van der Waals surface area contributed by atoms with Crippen LogP contribution in [0.15, 0.2) is 0 Å². The number of hydrogen-bond acceptors (Lipinski definition) is 3. The molecule has 3 nitrogen and oxygen atoms in total. The summed E-state index contributed by atoms with van der Waals surface area (Å²) in [5, 5.41) is 9.48. The van der Waals surface area contributed by atoms with Crippen LogP contribution in [0.3, 0.4) is 0 Å². The predicted octanol–water partition coefficient (Wildman–Crippen LogP) is 1.45. The van der Waals surface area contributed by atoms with Crippen LogP contribution in [0.25, 0.3) is 0 Å². The maximum absolute atomic E-state index is 9.48. The molecule has 2 atom stereocenters. The molecule has 3 heteroatoms. The van der Waals surface area contributed by atoms with Crippen molar-refractivity contribution in [1.82, 2.24) is 0 Å². The largest absolute Gasteiger partial charge is 0.396 e. The highest BCUT2D eigenvalue weighted by Gasteiger charge is 2.52. The van der Waals surface area contributed by atoms with Crippen LogP contribution in [0, 0.1) is 17.3 Å². The Hall–Kier alpha value is -0.120. The minimum Gasteiger partial charge on any atom is -0.396 e. The molecule has 2 aliphatic carbocycles. The molecule has 88 valence electrons. The second kappa shape index (κ2) is 4.81. The van der Waals surface area contributed by atoms with Gasteiger partial charge in [0.2, 0.25) is 0 Å². The van der Waals surface area contributed by atoms with Crippen LogP contribution in [0.4, 0.5) is 0 Å². The lowest BCUT2D eigenvalue weighted by molar-refractivity contribution is 0.0311.